The summed E-state index contributed by atoms with van der Waals surface area (Å²) in [6.07, 6.45) is 3.67. The lowest BCUT2D eigenvalue weighted by Crippen LogP contribution is -2.40. The molecule has 0 aromatic rings. The van der Waals surface area contributed by atoms with Gasteiger partial charge in [0.15, 0.2) is 0 Å². The minimum Gasteiger partial charge on any atom is -0.381 e. The van der Waals surface area contributed by atoms with E-state index in [1.54, 1.807) is 0 Å². The van der Waals surface area contributed by atoms with Crippen LogP contribution in [-0.2, 0) is 14.8 Å². The quantitative estimate of drug-likeness (QED) is 0.778. The fourth-order valence-corrected chi connectivity index (χ4v) is 4.29. The van der Waals surface area contributed by atoms with Gasteiger partial charge in [0, 0.05) is 24.6 Å². The second kappa shape index (κ2) is 5.33. The molecule has 2 aliphatic rings. The van der Waals surface area contributed by atoms with E-state index in [1.807, 2.05) is 0 Å². The molecule has 16 heavy (non-hydrogen) atoms. The molecule has 1 heterocycles. The normalized spacial score (nSPS) is 25.6. The maximum Gasteiger partial charge on any atom is 0.214 e. The zero-order valence-corrected chi connectivity index (χ0v) is 11.6. The molecular weight excluding hydrogens is 294 g/mol. The van der Waals surface area contributed by atoms with E-state index in [0.717, 1.165) is 0 Å². The zero-order chi connectivity index (χ0) is 11.6. The maximum atomic E-state index is 11.9. The van der Waals surface area contributed by atoms with Crippen LogP contribution < -0.4 is 4.72 Å². The molecule has 1 N–H and O–H groups in total. The minimum atomic E-state index is -3.14. The monoisotopic (exact) mass is 311 g/mol. The second-order valence-electron chi connectivity index (χ2n) is 4.56. The van der Waals surface area contributed by atoms with Crippen molar-refractivity contribution in [1.82, 2.24) is 4.72 Å². The van der Waals surface area contributed by atoms with Crippen LogP contribution in [0.25, 0.3) is 0 Å². The average Bonchev–Trinajstić information content (AvgIpc) is 3.11. The lowest BCUT2D eigenvalue weighted by Gasteiger charge is -2.23. The van der Waals surface area contributed by atoms with Crippen LogP contribution in [0.2, 0.25) is 0 Å². The summed E-state index contributed by atoms with van der Waals surface area (Å²) in [4.78, 5) is 0.294. The predicted octanol–water partition coefficient (Wildman–Crippen LogP) is 1.26. The summed E-state index contributed by atoms with van der Waals surface area (Å²) >= 11 is 3.53. The Morgan fingerprint density at radius 1 is 1.25 bits per heavy atom. The van der Waals surface area contributed by atoms with Crippen molar-refractivity contribution in [2.75, 3.05) is 19.8 Å². The highest BCUT2D eigenvalue weighted by molar-refractivity contribution is 9.09. The molecule has 4 nitrogen and oxygen atoms in total. The number of nitrogens with one attached hydrogen (secondary N) is 1. The molecule has 1 atom stereocenters. The lowest BCUT2D eigenvalue weighted by atomic mass is 10.2. The Kier molecular flexibility index (Phi) is 4.26. The van der Waals surface area contributed by atoms with E-state index in [-0.39, 0.29) is 5.25 Å². The van der Waals surface area contributed by atoms with Gasteiger partial charge in [-0.05, 0) is 31.6 Å². The highest BCUT2D eigenvalue weighted by Crippen LogP contribution is 2.36. The molecule has 1 aliphatic heterocycles. The van der Waals surface area contributed by atoms with Crippen LogP contribution in [0.5, 0.6) is 0 Å². The van der Waals surface area contributed by atoms with Gasteiger partial charge in [0.25, 0.3) is 0 Å². The van der Waals surface area contributed by atoms with E-state index in [0.29, 0.717) is 43.3 Å². The predicted molar refractivity (Wildman–Crippen MR) is 66.2 cm³/mol. The molecule has 0 radical (unpaired) electrons. The smallest absolute Gasteiger partial charge is 0.214 e. The van der Waals surface area contributed by atoms with E-state index in [2.05, 4.69) is 20.7 Å². The molecule has 94 valence electrons. The first-order chi connectivity index (χ1) is 7.59. The number of sulfonamides is 1. The van der Waals surface area contributed by atoms with Gasteiger partial charge in [-0.15, -0.1) is 0 Å². The average molecular weight is 312 g/mol. The molecule has 0 aromatic carbocycles. The summed E-state index contributed by atoms with van der Waals surface area (Å²) in [6.45, 7) is 1.64. The number of alkyl halides is 1. The molecule has 2 rings (SSSR count). The van der Waals surface area contributed by atoms with E-state index < -0.39 is 10.0 Å². The molecule has 0 aromatic heterocycles. The topological polar surface area (TPSA) is 55.4 Å². The summed E-state index contributed by atoms with van der Waals surface area (Å²) in [5, 5.41) is -0.264. The van der Waals surface area contributed by atoms with Crippen molar-refractivity contribution in [3.63, 3.8) is 0 Å². The molecule has 1 aliphatic carbocycles. The van der Waals surface area contributed by atoms with Crippen LogP contribution in [0.4, 0.5) is 0 Å². The first kappa shape index (κ1) is 12.8. The van der Waals surface area contributed by atoms with Crippen LogP contribution in [0.3, 0.4) is 0 Å². The highest BCUT2D eigenvalue weighted by atomic mass is 79.9. The van der Waals surface area contributed by atoms with E-state index in [4.69, 9.17) is 4.74 Å². The largest absolute Gasteiger partial charge is 0.381 e. The number of ether oxygens (including phenoxy) is 1. The molecule has 1 saturated heterocycles. The van der Waals surface area contributed by atoms with Crippen molar-refractivity contribution in [1.29, 1.82) is 0 Å². The number of hydrogen-bond donors (Lipinski definition) is 1. The first-order valence-corrected chi connectivity index (χ1v) is 8.26. The highest BCUT2D eigenvalue weighted by Gasteiger charge is 2.32. The van der Waals surface area contributed by atoms with Crippen LogP contribution in [0, 0.1) is 5.92 Å². The van der Waals surface area contributed by atoms with Gasteiger partial charge in [0.1, 0.15) is 0 Å². The molecule has 1 saturated carbocycles. The van der Waals surface area contributed by atoms with Crippen LogP contribution in [0.15, 0.2) is 0 Å². The molecule has 0 amide bonds. The van der Waals surface area contributed by atoms with Gasteiger partial charge < -0.3 is 4.74 Å². The second-order valence-corrected chi connectivity index (χ2v) is 7.78. The molecule has 0 spiro atoms. The number of hydrogen-bond acceptors (Lipinski definition) is 3. The maximum absolute atomic E-state index is 11.9. The Morgan fingerprint density at radius 3 is 2.44 bits per heavy atom. The van der Waals surface area contributed by atoms with Crippen molar-refractivity contribution in [3.8, 4) is 0 Å². The fourth-order valence-electron chi connectivity index (χ4n) is 1.92. The number of halogens is 1. The van der Waals surface area contributed by atoms with Crippen molar-refractivity contribution >= 4 is 26.0 Å². The van der Waals surface area contributed by atoms with E-state index in [1.165, 1.54) is 12.8 Å². The van der Waals surface area contributed by atoms with Crippen molar-refractivity contribution in [2.45, 2.75) is 35.8 Å². The van der Waals surface area contributed by atoms with Crippen LogP contribution >= 0.6 is 15.9 Å². The van der Waals surface area contributed by atoms with Gasteiger partial charge in [-0.25, -0.2) is 13.1 Å². The van der Waals surface area contributed by atoms with Gasteiger partial charge >= 0.3 is 0 Å². The third-order valence-electron chi connectivity index (χ3n) is 3.22. The summed E-state index contributed by atoms with van der Waals surface area (Å²) in [5.41, 5.74) is 0. The van der Waals surface area contributed by atoms with Crippen LogP contribution in [-0.4, -0.2) is 38.3 Å². The van der Waals surface area contributed by atoms with Gasteiger partial charge in [-0.2, -0.15) is 0 Å². The standard InChI is InChI=1S/C10H18BrNO3S/c11-10(8-1-2-8)7-12-16(13,14)9-3-5-15-6-4-9/h8-10,12H,1-7H2. The lowest BCUT2D eigenvalue weighted by molar-refractivity contribution is 0.0981. The van der Waals surface area contributed by atoms with Crippen LogP contribution in [0.1, 0.15) is 25.7 Å². The van der Waals surface area contributed by atoms with Crippen molar-refractivity contribution in [2.24, 2.45) is 5.92 Å². The Labute approximate surface area is 105 Å². The SMILES string of the molecule is O=S(=O)(NCC(Br)C1CC1)C1CCOCC1. The molecule has 2 fully saturated rings. The molecule has 0 bridgehead atoms. The zero-order valence-electron chi connectivity index (χ0n) is 9.19. The van der Waals surface area contributed by atoms with Gasteiger partial charge in [0.05, 0.1) is 5.25 Å². The number of rotatable bonds is 5. The van der Waals surface area contributed by atoms with Gasteiger partial charge in [-0.3, -0.25) is 0 Å². The summed E-state index contributed by atoms with van der Waals surface area (Å²) in [5.74, 6) is 0.664. The van der Waals surface area contributed by atoms with Gasteiger partial charge in [-0.1, -0.05) is 15.9 Å². The Balaban J connectivity index is 1.81. The molecular formula is C10H18BrNO3S. The fraction of sp³-hybridized carbons (Fsp3) is 1.00. The molecule has 1 unspecified atom stereocenters. The van der Waals surface area contributed by atoms with E-state index in [9.17, 15) is 8.42 Å². The third kappa shape index (κ3) is 3.42. The summed E-state index contributed by atoms with van der Waals surface area (Å²) in [6, 6.07) is 0. The molecule has 6 heteroatoms. The van der Waals surface area contributed by atoms with Crippen molar-refractivity contribution in [3.05, 3.63) is 0 Å². The minimum absolute atomic E-state index is 0.264. The Morgan fingerprint density at radius 2 is 1.88 bits per heavy atom. The Bertz CT molecular complexity index is 323. The first-order valence-electron chi connectivity index (χ1n) is 5.80. The van der Waals surface area contributed by atoms with Gasteiger partial charge in [0.2, 0.25) is 10.0 Å². The summed E-state index contributed by atoms with van der Waals surface area (Å²) < 4.78 is 31.8. The van der Waals surface area contributed by atoms with E-state index >= 15 is 0 Å². The third-order valence-corrected chi connectivity index (χ3v) is 6.21. The van der Waals surface area contributed by atoms with Crippen molar-refractivity contribution < 1.29 is 13.2 Å². The Hall–Kier alpha value is 0.350. The summed E-state index contributed by atoms with van der Waals surface area (Å²) in [7, 11) is -3.14.